The van der Waals surface area contributed by atoms with Gasteiger partial charge in [-0.15, -0.1) is 0 Å². The van der Waals surface area contributed by atoms with Gasteiger partial charge in [0, 0.05) is 50.8 Å². The molecule has 3 atom stereocenters. The van der Waals surface area contributed by atoms with E-state index in [2.05, 4.69) is 87.4 Å². The van der Waals surface area contributed by atoms with Crippen LogP contribution in [0.15, 0.2) is 0 Å². The van der Waals surface area contributed by atoms with Crippen molar-refractivity contribution < 1.29 is 0 Å². The standard InChI is InChI=1S/C8H18N2.C7H16N2.C7H15N/c1-7-5-9(3)6-8(2)10(7)4;1-7-6-8(2)4-5-9(7)3;1-7-3-5-8(2)6-4-7/h7-8H,5-6H2,1-4H3;7H,4-6H2,1-3H3;7H,3-6H2,1-2H3. The van der Waals surface area contributed by atoms with Crippen molar-refractivity contribution in [2.75, 3.05) is 81.1 Å². The molecule has 3 aliphatic rings. The first-order valence-electron chi connectivity index (χ1n) is 11.1. The summed E-state index contributed by atoms with van der Waals surface area (Å²) in [7, 11) is 11.0. The Morgan fingerprint density at radius 1 is 0.519 bits per heavy atom. The fourth-order valence-corrected chi connectivity index (χ4v) is 4.04. The Kier molecular flexibility index (Phi) is 11.4. The maximum absolute atomic E-state index is 2.44. The van der Waals surface area contributed by atoms with E-state index in [0.29, 0.717) is 12.1 Å². The first-order chi connectivity index (χ1) is 12.6. The molecule has 0 aromatic rings. The first kappa shape index (κ1) is 24.8. The van der Waals surface area contributed by atoms with Crippen molar-refractivity contribution in [3.05, 3.63) is 0 Å². The Morgan fingerprint density at radius 2 is 1.00 bits per heavy atom. The van der Waals surface area contributed by atoms with E-state index in [1.807, 2.05) is 0 Å². The minimum atomic E-state index is 0.716. The molecule has 3 unspecified atom stereocenters. The van der Waals surface area contributed by atoms with Crippen LogP contribution in [0.1, 0.15) is 40.5 Å². The molecule has 0 radical (unpaired) electrons. The highest BCUT2D eigenvalue weighted by Crippen LogP contribution is 2.13. The van der Waals surface area contributed by atoms with Crippen LogP contribution in [0.2, 0.25) is 0 Å². The topological polar surface area (TPSA) is 16.2 Å². The highest BCUT2D eigenvalue weighted by Gasteiger charge is 2.23. The van der Waals surface area contributed by atoms with Crippen LogP contribution in [0.5, 0.6) is 0 Å². The molecule has 27 heavy (non-hydrogen) atoms. The molecule has 0 amide bonds. The fraction of sp³-hybridized carbons (Fsp3) is 1.00. The lowest BCUT2D eigenvalue weighted by Crippen LogP contribution is -2.53. The summed E-state index contributed by atoms with van der Waals surface area (Å²) < 4.78 is 0. The summed E-state index contributed by atoms with van der Waals surface area (Å²) in [5, 5.41) is 0. The van der Waals surface area contributed by atoms with Gasteiger partial charge < -0.3 is 19.6 Å². The number of hydrogen-bond donors (Lipinski definition) is 0. The zero-order valence-corrected chi connectivity index (χ0v) is 19.9. The van der Waals surface area contributed by atoms with Gasteiger partial charge in [0.05, 0.1) is 0 Å². The molecule has 0 aromatic carbocycles. The summed E-state index contributed by atoms with van der Waals surface area (Å²) >= 11 is 0. The van der Waals surface area contributed by atoms with Gasteiger partial charge >= 0.3 is 0 Å². The van der Waals surface area contributed by atoms with E-state index in [9.17, 15) is 0 Å². The van der Waals surface area contributed by atoms with Gasteiger partial charge in [-0.05, 0) is 87.9 Å². The second-order valence-electron chi connectivity index (χ2n) is 9.66. The van der Waals surface area contributed by atoms with Crippen LogP contribution in [-0.4, -0.2) is 124 Å². The van der Waals surface area contributed by atoms with Gasteiger partial charge in [-0.2, -0.15) is 0 Å². The first-order valence-corrected chi connectivity index (χ1v) is 11.1. The number of nitrogens with zero attached hydrogens (tertiary/aromatic N) is 5. The summed E-state index contributed by atoms with van der Waals surface area (Å²) in [5.41, 5.74) is 0. The lowest BCUT2D eigenvalue weighted by molar-refractivity contribution is 0.0761. The molecule has 3 saturated heterocycles. The fourth-order valence-electron chi connectivity index (χ4n) is 4.04. The summed E-state index contributed by atoms with van der Waals surface area (Å²) in [6, 6.07) is 2.17. The maximum atomic E-state index is 2.44. The minimum absolute atomic E-state index is 0.716. The van der Waals surface area contributed by atoms with E-state index < -0.39 is 0 Å². The van der Waals surface area contributed by atoms with E-state index in [1.54, 1.807) is 0 Å². The third-order valence-electron chi connectivity index (χ3n) is 6.71. The number of rotatable bonds is 0. The van der Waals surface area contributed by atoms with Crippen LogP contribution in [0, 0.1) is 5.92 Å². The summed E-state index contributed by atoms with van der Waals surface area (Å²) in [6.07, 6.45) is 2.80. The molecule has 5 nitrogen and oxygen atoms in total. The molecule has 3 aliphatic heterocycles. The number of piperazine rings is 2. The Bertz CT molecular complexity index is 361. The smallest absolute Gasteiger partial charge is 0.0195 e. The minimum Gasteiger partial charge on any atom is -0.306 e. The highest BCUT2D eigenvalue weighted by atomic mass is 15.3. The monoisotopic (exact) mass is 383 g/mol. The summed E-state index contributed by atoms with van der Waals surface area (Å²) in [4.78, 5) is 12.0. The van der Waals surface area contributed by atoms with E-state index in [4.69, 9.17) is 0 Å². The van der Waals surface area contributed by atoms with Crippen molar-refractivity contribution in [2.45, 2.75) is 58.7 Å². The average Bonchev–Trinajstić information content (AvgIpc) is 2.60. The second-order valence-corrected chi connectivity index (χ2v) is 9.66. The van der Waals surface area contributed by atoms with Crippen LogP contribution >= 0.6 is 0 Å². The Labute approximate surface area is 170 Å². The van der Waals surface area contributed by atoms with Crippen molar-refractivity contribution in [2.24, 2.45) is 5.92 Å². The number of piperidine rings is 1. The van der Waals surface area contributed by atoms with Crippen LogP contribution < -0.4 is 0 Å². The molecule has 0 aromatic heterocycles. The number of likely N-dealkylation sites (tertiary alicyclic amines) is 1. The van der Waals surface area contributed by atoms with E-state index in [0.717, 1.165) is 12.0 Å². The molecule has 3 rings (SSSR count). The quantitative estimate of drug-likeness (QED) is 0.636. The Morgan fingerprint density at radius 3 is 1.41 bits per heavy atom. The van der Waals surface area contributed by atoms with Crippen LogP contribution in [0.4, 0.5) is 0 Å². The molecule has 0 bridgehead atoms. The molecular formula is C22H49N5. The van der Waals surface area contributed by atoms with E-state index in [1.165, 1.54) is 58.7 Å². The molecule has 5 heteroatoms. The number of likely N-dealkylation sites (N-methyl/N-ethyl adjacent to an activating group) is 4. The van der Waals surface area contributed by atoms with Crippen LogP contribution in [0.3, 0.4) is 0 Å². The molecule has 0 spiro atoms. The van der Waals surface area contributed by atoms with Gasteiger partial charge in [-0.3, -0.25) is 4.90 Å². The Balaban J connectivity index is 0.000000204. The molecule has 0 N–H and O–H groups in total. The molecule has 0 aliphatic carbocycles. The lowest BCUT2D eigenvalue weighted by Gasteiger charge is -2.40. The zero-order chi connectivity index (χ0) is 20.6. The number of hydrogen-bond acceptors (Lipinski definition) is 5. The third kappa shape index (κ3) is 9.71. The van der Waals surface area contributed by atoms with Crippen LogP contribution in [0.25, 0.3) is 0 Å². The highest BCUT2D eigenvalue weighted by molar-refractivity contribution is 4.80. The largest absolute Gasteiger partial charge is 0.306 e. The van der Waals surface area contributed by atoms with Crippen molar-refractivity contribution in [3.8, 4) is 0 Å². The molecular weight excluding hydrogens is 334 g/mol. The zero-order valence-electron chi connectivity index (χ0n) is 19.9. The van der Waals surface area contributed by atoms with Crippen molar-refractivity contribution in [1.29, 1.82) is 0 Å². The van der Waals surface area contributed by atoms with Gasteiger partial charge in [-0.1, -0.05) is 6.92 Å². The molecule has 0 saturated carbocycles. The molecule has 3 fully saturated rings. The normalized spacial score (nSPS) is 33.0. The Hall–Kier alpha value is -0.200. The summed E-state index contributed by atoms with van der Waals surface area (Å²) in [5.74, 6) is 0.978. The van der Waals surface area contributed by atoms with E-state index in [-0.39, 0.29) is 0 Å². The predicted octanol–water partition coefficient (Wildman–Crippen LogP) is 2.24. The second kappa shape index (κ2) is 12.4. The van der Waals surface area contributed by atoms with Gasteiger partial charge in [0.15, 0.2) is 0 Å². The van der Waals surface area contributed by atoms with Gasteiger partial charge in [0.25, 0.3) is 0 Å². The van der Waals surface area contributed by atoms with Crippen molar-refractivity contribution >= 4 is 0 Å². The van der Waals surface area contributed by atoms with Crippen molar-refractivity contribution in [3.63, 3.8) is 0 Å². The molecule has 3 heterocycles. The van der Waals surface area contributed by atoms with Gasteiger partial charge in [-0.25, -0.2) is 0 Å². The SMILES string of the molecule is CC1CCN(C)CC1.CC1CN(C)CC(C)N1C.CC1CN(C)CCN1C. The van der Waals surface area contributed by atoms with Gasteiger partial charge in [0.1, 0.15) is 0 Å². The van der Waals surface area contributed by atoms with Crippen LogP contribution in [-0.2, 0) is 0 Å². The van der Waals surface area contributed by atoms with E-state index >= 15 is 0 Å². The predicted molar refractivity (Wildman–Crippen MR) is 120 cm³/mol. The van der Waals surface area contributed by atoms with Crippen molar-refractivity contribution in [1.82, 2.24) is 24.5 Å². The third-order valence-corrected chi connectivity index (χ3v) is 6.71. The average molecular weight is 384 g/mol. The maximum Gasteiger partial charge on any atom is 0.0195 e. The lowest BCUT2D eigenvalue weighted by atomic mass is 10.00. The van der Waals surface area contributed by atoms with Gasteiger partial charge in [0.2, 0.25) is 0 Å². The summed E-state index contributed by atoms with van der Waals surface area (Å²) in [6.45, 7) is 17.9. The molecule has 162 valence electrons.